The monoisotopic (exact) mass is 247 g/mol. The molecule has 0 bridgehead atoms. The van der Waals surface area contributed by atoms with E-state index in [1.165, 1.54) is 4.88 Å². The summed E-state index contributed by atoms with van der Waals surface area (Å²) in [5, 5.41) is 2.05. The zero-order valence-corrected chi connectivity index (χ0v) is 8.90. The van der Waals surface area contributed by atoms with Gasteiger partial charge in [-0.05, 0) is 34.5 Å². The fraction of sp³-hybridized carbons (Fsp3) is 0.250. The van der Waals surface area contributed by atoms with Crippen LogP contribution in [0.3, 0.4) is 0 Å². The van der Waals surface area contributed by atoms with Crippen molar-refractivity contribution in [3.8, 4) is 0 Å². The molecule has 66 valence electrons. The third-order valence-electron chi connectivity index (χ3n) is 1.27. The highest BCUT2D eigenvalue weighted by Crippen LogP contribution is 2.20. The smallest absolute Gasteiger partial charge is 0.0713 e. The van der Waals surface area contributed by atoms with E-state index in [4.69, 9.17) is 5.90 Å². The van der Waals surface area contributed by atoms with Crippen molar-refractivity contribution in [2.24, 2.45) is 5.90 Å². The maximum atomic E-state index is 4.87. The molecule has 0 atom stereocenters. The lowest BCUT2D eigenvalue weighted by molar-refractivity contribution is 0.143. The van der Waals surface area contributed by atoms with Crippen molar-refractivity contribution in [2.75, 3.05) is 6.61 Å². The van der Waals surface area contributed by atoms with Crippen LogP contribution in [-0.4, -0.2) is 6.61 Å². The zero-order chi connectivity index (χ0) is 8.81. The molecule has 1 aromatic rings. The predicted molar refractivity (Wildman–Crippen MR) is 55.8 cm³/mol. The van der Waals surface area contributed by atoms with Gasteiger partial charge in [-0.15, -0.1) is 11.3 Å². The Balaban J connectivity index is 2.36. The SMILES string of the molecule is NOCC/C=C/c1cc(Br)cs1. The first-order valence-electron chi connectivity index (χ1n) is 3.55. The molecule has 0 aliphatic carbocycles. The van der Waals surface area contributed by atoms with E-state index in [0.717, 1.165) is 10.9 Å². The van der Waals surface area contributed by atoms with Crippen molar-refractivity contribution in [1.29, 1.82) is 0 Å². The average molecular weight is 248 g/mol. The predicted octanol–water partition coefficient (Wildman–Crippen LogP) is 2.80. The van der Waals surface area contributed by atoms with Gasteiger partial charge >= 0.3 is 0 Å². The lowest BCUT2D eigenvalue weighted by atomic mass is 10.3. The summed E-state index contributed by atoms with van der Waals surface area (Å²) in [6.07, 6.45) is 4.96. The van der Waals surface area contributed by atoms with Crippen molar-refractivity contribution in [3.63, 3.8) is 0 Å². The molecule has 0 spiro atoms. The van der Waals surface area contributed by atoms with Gasteiger partial charge in [0.2, 0.25) is 0 Å². The number of hydrogen-bond acceptors (Lipinski definition) is 3. The van der Waals surface area contributed by atoms with Crippen LogP contribution in [0.25, 0.3) is 6.08 Å². The zero-order valence-electron chi connectivity index (χ0n) is 6.50. The molecule has 2 N–H and O–H groups in total. The number of hydrogen-bond donors (Lipinski definition) is 1. The van der Waals surface area contributed by atoms with Crippen LogP contribution in [0, 0.1) is 0 Å². The molecule has 1 rings (SSSR count). The number of halogens is 1. The Kier molecular flexibility index (Phi) is 4.53. The quantitative estimate of drug-likeness (QED) is 0.656. The highest BCUT2D eigenvalue weighted by molar-refractivity contribution is 9.10. The minimum absolute atomic E-state index is 0.572. The molecule has 0 aliphatic rings. The van der Waals surface area contributed by atoms with Crippen molar-refractivity contribution < 1.29 is 4.84 Å². The van der Waals surface area contributed by atoms with Gasteiger partial charge in [-0.2, -0.15) is 0 Å². The summed E-state index contributed by atoms with van der Waals surface area (Å²) in [6.45, 7) is 0.572. The van der Waals surface area contributed by atoms with Crippen molar-refractivity contribution in [1.82, 2.24) is 0 Å². The van der Waals surface area contributed by atoms with Gasteiger partial charge in [0, 0.05) is 14.7 Å². The summed E-state index contributed by atoms with van der Waals surface area (Å²) in [4.78, 5) is 5.66. The van der Waals surface area contributed by atoms with Crippen molar-refractivity contribution in [3.05, 3.63) is 26.9 Å². The Morgan fingerprint density at radius 1 is 1.67 bits per heavy atom. The number of thiophene rings is 1. The molecule has 1 aromatic heterocycles. The van der Waals surface area contributed by atoms with Gasteiger partial charge < -0.3 is 4.84 Å². The molecule has 0 amide bonds. The van der Waals surface area contributed by atoms with E-state index >= 15 is 0 Å². The highest BCUT2D eigenvalue weighted by atomic mass is 79.9. The van der Waals surface area contributed by atoms with Crippen LogP contribution < -0.4 is 5.90 Å². The molecule has 0 saturated carbocycles. The minimum atomic E-state index is 0.572. The molecule has 12 heavy (non-hydrogen) atoms. The van der Waals surface area contributed by atoms with Crippen LogP contribution >= 0.6 is 27.3 Å². The Hall–Kier alpha value is -0.160. The van der Waals surface area contributed by atoms with Gasteiger partial charge in [-0.3, -0.25) is 0 Å². The van der Waals surface area contributed by atoms with Gasteiger partial charge in [0.15, 0.2) is 0 Å². The van der Waals surface area contributed by atoms with Crippen LogP contribution in [0.4, 0.5) is 0 Å². The summed E-state index contributed by atoms with van der Waals surface area (Å²) in [7, 11) is 0. The van der Waals surface area contributed by atoms with Crippen LogP contribution in [-0.2, 0) is 4.84 Å². The first kappa shape index (κ1) is 9.92. The Bertz CT molecular complexity index is 259. The van der Waals surface area contributed by atoms with Crippen molar-refractivity contribution >= 4 is 33.3 Å². The molecule has 0 aliphatic heterocycles. The van der Waals surface area contributed by atoms with Gasteiger partial charge in [0.05, 0.1) is 6.61 Å². The second kappa shape index (κ2) is 5.48. The standard InChI is InChI=1S/C8H10BrNOS/c9-7-5-8(12-6-7)3-1-2-4-11-10/h1,3,5-6H,2,4,10H2/b3-1+. The average Bonchev–Trinajstić information content (AvgIpc) is 2.45. The second-order valence-electron chi connectivity index (χ2n) is 2.23. The Labute approximate surface area is 84.1 Å². The van der Waals surface area contributed by atoms with E-state index in [1.54, 1.807) is 11.3 Å². The third-order valence-corrected chi connectivity index (χ3v) is 2.93. The molecule has 4 heteroatoms. The van der Waals surface area contributed by atoms with Crippen LogP contribution in [0.2, 0.25) is 0 Å². The summed E-state index contributed by atoms with van der Waals surface area (Å²) < 4.78 is 1.13. The van der Waals surface area contributed by atoms with Crippen LogP contribution in [0.1, 0.15) is 11.3 Å². The van der Waals surface area contributed by atoms with E-state index in [1.807, 2.05) is 6.08 Å². The van der Waals surface area contributed by atoms with Gasteiger partial charge in [0.1, 0.15) is 0 Å². The molecule has 0 unspecified atom stereocenters. The van der Waals surface area contributed by atoms with Gasteiger partial charge in [-0.25, -0.2) is 5.90 Å². The fourth-order valence-electron chi connectivity index (χ4n) is 0.751. The second-order valence-corrected chi connectivity index (χ2v) is 4.09. The first-order chi connectivity index (χ1) is 5.83. The largest absolute Gasteiger partial charge is 0.304 e. The molecular formula is C8H10BrNOS. The Morgan fingerprint density at radius 2 is 2.50 bits per heavy atom. The normalized spacial score (nSPS) is 11.2. The van der Waals surface area contributed by atoms with Crippen LogP contribution in [0.15, 0.2) is 22.0 Å². The summed E-state index contributed by atoms with van der Waals surface area (Å²) in [5.41, 5.74) is 0. The maximum absolute atomic E-state index is 4.87. The van der Waals surface area contributed by atoms with E-state index < -0.39 is 0 Å². The van der Waals surface area contributed by atoms with Gasteiger partial charge in [-0.1, -0.05) is 6.08 Å². The van der Waals surface area contributed by atoms with Crippen molar-refractivity contribution in [2.45, 2.75) is 6.42 Å². The molecule has 2 nitrogen and oxygen atoms in total. The lowest BCUT2D eigenvalue weighted by Gasteiger charge is -1.88. The van der Waals surface area contributed by atoms with E-state index in [0.29, 0.717) is 6.61 Å². The summed E-state index contributed by atoms with van der Waals surface area (Å²) in [5.74, 6) is 4.87. The minimum Gasteiger partial charge on any atom is -0.304 e. The van der Waals surface area contributed by atoms with Crippen LogP contribution in [0.5, 0.6) is 0 Å². The van der Waals surface area contributed by atoms with E-state index in [2.05, 4.69) is 38.3 Å². The van der Waals surface area contributed by atoms with E-state index in [-0.39, 0.29) is 0 Å². The van der Waals surface area contributed by atoms with Gasteiger partial charge in [0.25, 0.3) is 0 Å². The third kappa shape index (κ3) is 3.49. The maximum Gasteiger partial charge on any atom is 0.0713 e. The molecule has 0 fully saturated rings. The first-order valence-corrected chi connectivity index (χ1v) is 5.22. The summed E-state index contributed by atoms with van der Waals surface area (Å²) >= 11 is 5.09. The molecule has 0 aromatic carbocycles. The fourth-order valence-corrected chi connectivity index (χ4v) is 2.12. The summed E-state index contributed by atoms with van der Waals surface area (Å²) in [6, 6.07) is 2.07. The highest BCUT2D eigenvalue weighted by Gasteiger charge is 1.90. The topological polar surface area (TPSA) is 35.2 Å². The lowest BCUT2D eigenvalue weighted by Crippen LogP contribution is -1.98. The molecule has 0 saturated heterocycles. The van der Waals surface area contributed by atoms with E-state index in [9.17, 15) is 0 Å². The molecular weight excluding hydrogens is 238 g/mol. The number of rotatable bonds is 4. The molecule has 0 radical (unpaired) electrons. The molecule has 1 heterocycles. The Morgan fingerprint density at radius 3 is 3.08 bits per heavy atom. The number of nitrogens with two attached hydrogens (primary N) is 1.